The second kappa shape index (κ2) is 7.88. The van der Waals surface area contributed by atoms with E-state index in [4.69, 9.17) is 4.84 Å². The van der Waals surface area contributed by atoms with Crippen molar-refractivity contribution in [3.8, 4) is 11.1 Å². The van der Waals surface area contributed by atoms with Crippen LogP contribution in [0.1, 0.15) is 18.1 Å². The molecule has 170 valence electrons. The summed E-state index contributed by atoms with van der Waals surface area (Å²) in [7, 11) is -3.93. The molecule has 0 bridgehead atoms. The maximum Gasteiger partial charge on any atom is 0.361 e. The highest BCUT2D eigenvalue weighted by molar-refractivity contribution is 7.84. The minimum absolute atomic E-state index is 0.0753. The zero-order valence-electron chi connectivity index (χ0n) is 17.0. The third-order valence-electron chi connectivity index (χ3n) is 5.61. The molecule has 1 saturated heterocycles. The van der Waals surface area contributed by atoms with Crippen LogP contribution in [0.3, 0.4) is 0 Å². The van der Waals surface area contributed by atoms with Crippen LogP contribution in [0, 0.1) is 11.6 Å². The highest BCUT2D eigenvalue weighted by Gasteiger charge is 2.58. The first-order chi connectivity index (χ1) is 15.0. The number of oxime groups is 1. The third-order valence-corrected chi connectivity index (χ3v) is 6.72. The van der Waals surface area contributed by atoms with E-state index in [0.717, 1.165) is 18.4 Å². The molecule has 2 aromatic carbocycles. The fraction of sp³-hybridized carbons (Fsp3) is 0.333. The summed E-state index contributed by atoms with van der Waals surface area (Å²) in [5, 5.41) is 3.91. The number of hydrogen-bond acceptors (Lipinski definition) is 5. The van der Waals surface area contributed by atoms with Crippen LogP contribution >= 0.6 is 0 Å². The summed E-state index contributed by atoms with van der Waals surface area (Å²) in [6, 6.07) is 8.37. The van der Waals surface area contributed by atoms with E-state index in [-0.39, 0.29) is 29.9 Å². The molecule has 0 spiro atoms. The fourth-order valence-electron chi connectivity index (χ4n) is 3.98. The van der Waals surface area contributed by atoms with Crippen molar-refractivity contribution in [1.82, 2.24) is 4.90 Å². The molecule has 2 atom stereocenters. The van der Waals surface area contributed by atoms with E-state index in [0.29, 0.717) is 9.54 Å². The molecule has 11 heteroatoms. The first kappa shape index (κ1) is 22.3. The quantitative estimate of drug-likeness (QED) is 0.391. The normalized spacial score (nSPS) is 22.5. The van der Waals surface area contributed by atoms with Crippen molar-refractivity contribution in [2.24, 2.45) is 5.16 Å². The predicted octanol–water partition coefficient (Wildman–Crippen LogP) is 3.40. The zero-order valence-corrected chi connectivity index (χ0v) is 17.8. The van der Waals surface area contributed by atoms with Gasteiger partial charge in [-0.25, -0.2) is 8.78 Å². The average Bonchev–Trinajstić information content (AvgIpc) is 3.31. The van der Waals surface area contributed by atoms with Gasteiger partial charge < -0.3 is 9.74 Å². The molecule has 0 radical (unpaired) electrons. The maximum absolute atomic E-state index is 14.5. The summed E-state index contributed by atoms with van der Waals surface area (Å²) in [4.78, 5) is 6.70. The molecule has 2 heterocycles. The first-order valence-corrected chi connectivity index (χ1v) is 11.5. The number of nitrogens with zero attached hydrogens (tertiary/aromatic N) is 3. The molecule has 6 nitrogen and oxygen atoms in total. The molecule has 0 aromatic heterocycles. The van der Waals surface area contributed by atoms with Crippen molar-refractivity contribution < 1.29 is 34.8 Å². The van der Waals surface area contributed by atoms with Gasteiger partial charge in [0.25, 0.3) is 6.04 Å². The number of amidine groups is 1. The number of likely N-dealkylation sites (tertiary alicyclic amines) is 1. The van der Waals surface area contributed by atoms with Gasteiger partial charge >= 0.3 is 15.9 Å². The van der Waals surface area contributed by atoms with Crippen LogP contribution in [-0.4, -0.2) is 61.2 Å². The minimum Gasteiger partial charge on any atom is -0.386 e. The lowest BCUT2D eigenvalue weighted by molar-refractivity contribution is -0.435. The van der Waals surface area contributed by atoms with Gasteiger partial charge in [-0.2, -0.15) is 17.2 Å². The molecule has 2 aromatic rings. The summed E-state index contributed by atoms with van der Waals surface area (Å²) in [5.41, 5.74) is 0.511. The summed E-state index contributed by atoms with van der Waals surface area (Å²) >= 11 is 0. The standard InChI is InChI=1S/C21H20F4N3O3S/c1-27(32(2,29)30)18-11-28(12-21(18,24)25)19-10-17(31-26-19)13-6-3-4-7-14(13)20-15(22)8-5-9-16(20)23/h3-9,17-18H,1,10-12H2,2H3/q+1/t17?,18-/m1/s1. The lowest BCUT2D eigenvalue weighted by Crippen LogP contribution is -2.43. The Kier molecular flexibility index (Phi) is 5.48. The SMILES string of the molecule is C=[N+]([C@@H]1CN(C2=NOC(c3ccccc3-c3c(F)cccc3F)C2)CC1(F)F)S(C)(=O)=O. The van der Waals surface area contributed by atoms with Crippen molar-refractivity contribution >= 4 is 22.6 Å². The Morgan fingerprint density at radius 2 is 1.81 bits per heavy atom. The van der Waals surface area contributed by atoms with Gasteiger partial charge in [-0.1, -0.05) is 35.5 Å². The highest BCUT2D eigenvalue weighted by atomic mass is 32.2. The Bertz CT molecular complexity index is 1200. The number of benzene rings is 2. The van der Waals surface area contributed by atoms with Crippen LogP contribution in [0.5, 0.6) is 0 Å². The second-order valence-corrected chi connectivity index (χ2v) is 9.73. The number of halogens is 4. The fourth-order valence-corrected chi connectivity index (χ4v) is 4.66. The van der Waals surface area contributed by atoms with Crippen LogP contribution in [0.15, 0.2) is 47.6 Å². The number of hydrogen-bond donors (Lipinski definition) is 0. The van der Waals surface area contributed by atoms with Crippen molar-refractivity contribution in [3.05, 3.63) is 59.7 Å². The van der Waals surface area contributed by atoms with E-state index < -0.39 is 46.3 Å². The second-order valence-electron chi connectivity index (χ2n) is 7.80. The van der Waals surface area contributed by atoms with Gasteiger partial charge in [-0.05, 0) is 17.7 Å². The molecule has 2 aliphatic rings. The largest absolute Gasteiger partial charge is 0.386 e. The van der Waals surface area contributed by atoms with Crippen LogP contribution < -0.4 is 0 Å². The van der Waals surface area contributed by atoms with Crippen molar-refractivity contribution in [1.29, 1.82) is 0 Å². The monoisotopic (exact) mass is 470 g/mol. The molecule has 1 fully saturated rings. The third kappa shape index (κ3) is 3.96. The first-order valence-electron chi connectivity index (χ1n) is 9.67. The van der Waals surface area contributed by atoms with Gasteiger partial charge in [-0.3, -0.25) is 0 Å². The Labute approximate surface area is 182 Å². The summed E-state index contributed by atoms with van der Waals surface area (Å²) in [6.07, 6.45) is 0.133. The summed E-state index contributed by atoms with van der Waals surface area (Å²) in [6.45, 7) is 2.20. The van der Waals surface area contributed by atoms with Gasteiger partial charge in [0, 0.05) is 5.56 Å². The Hall–Kier alpha value is -2.95. The summed E-state index contributed by atoms with van der Waals surface area (Å²) in [5.74, 6) is -4.63. The van der Waals surface area contributed by atoms with E-state index in [1.165, 1.54) is 11.0 Å². The van der Waals surface area contributed by atoms with Crippen molar-refractivity contribution in [3.63, 3.8) is 0 Å². The molecular formula is C21H20F4N3O3S+. The van der Waals surface area contributed by atoms with Crippen molar-refractivity contribution in [2.45, 2.75) is 24.5 Å². The Balaban J connectivity index is 1.57. The molecule has 32 heavy (non-hydrogen) atoms. The van der Waals surface area contributed by atoms with Crippen LogP contribution in [-0.2, 0) is 14.9 Å². The van der Waals surface area contributed by atoms with Crippen LogP contribution in [0.25, 0.3) is 11.1 Å². The highest BCUT2D eigenvalue weighted by Crippen LogP contribution is 2.39. The maximum atomic E-state index is 14.5. The van der Waals surface area contributed by atoms with Gasteiger partial charge in [0.1, 0.15) is 24.2 Å². The lowest BCUT2D eigenvalue weighted by Gasteiger charge is -2.17. The van der Waals surface area contributed by atoms with Gasteiger partial charge in [0.05, 0.1) is 31.3 Å². The van der Waals surface area contributed by atoms with Crippen molar-refractivity contribution in [2.75, 3.05) is 19.3 Å². The van der Waals surface area contributed by atoms with E-state index >= 15 is 0 Å². The Morgan fingerprint density at radius 3 is 2.47 bits per heavy atom. The van der Waals surface area contributed by atoms with Gasteiger partial charge in [-0.15, -0.1) is 3.98 Å². The zero-order chi connectivity index (χ0) is 23.3. The molecule has 4 rings (SSSR count). The lowest BCUT2D eigenvalue weighted by atomic mass is 9.94. The minimum atomic E-state index is -3.93. The van der Waals surface area contributed by atoms with E-state index in [1.54, 1.807) is 24.3 Å². The molecule has 0 N–H and O–H groups in total. The molecule has 0 aliphatic carbocycles. The van der Waals surface area contributed by atoms with Gasteiger partial charge in [0.15, 0.2) is 6.10 Å². The number of alkyl halides is 2. The Morgan fingerprint density at radius 1 is 1.16 bits per heavy atom. The van der Waals surface area contributed by atoms with Crippen LogP contribution in [0.4, 0.5) is 17.6 Å². The smallest absolute Gasteiger partial charge is 0.361 e. The van der Waals surface area contributed by atoms with Gasteiger partial charge in [0.2, 0.25) is 0 Å². The molecule has 2 aliphatic heterocycles. The van der Waals surface area contributed by atoms with E-state index in [1.807, 2.05) is 0 Å². The molecule has 0 amide bonds. The summed E-state index contributed by atoms with van der Waals surface area (Å²) < 4.78 is 81.6. The molecule has 1 unspecified atom stereocenters. The number of rotatable bonds is 4. The predicted molar refractivity (Wildman–Crippen MR) is 110 cm³/mol. The number of sulfonamides is 1. The molecular weight excluding hydrogens is 450 g/mol. The van der Waals surface area contributed by atoms with E-state index in [2.05, 4.69) is 11.9 Å². The van der Waals surface area contributed by atoms with Crippen LogP contribution in [0.2, 0.25) is 0 Å². The molecule has 0 saturated carbocycles. The topological polar surface area (TPSA) is 62.0 Å². The van der Waals surface area contributed by atoms with E-state index in [9.17, 15) is 26.0 Å². The average molecular weight is 470 g/mol.